The number of morpholine rings is 1. The lowest BCUT2D eigenvalue weighted by molar-refractivity contribution is -0.166. The monoisotopic (exact) mass is 245 g/mol. The minimum Gasteiger partial charge on any atom is -0.480 e. The van der Waals surface area contributed by atoms with Crippen LogP contribution in [0.2, 0.25) is 0 Å². The van der Waals surface area contributed by atoms with E-state index in [0.717, 1.165) is 0 Å². The van der Waals surface area contributed by atoms with Gasteiger partial charge in [0.05, 0.1) is 25.4 Å². The van der Waals surface area contributed by atoms with Crippen LogP contribution in [0.15, 0.2) is 0 Å². The molecule has 2 unspecified atom stereocenters. The number of nitrogens with zero attached hydrogens (tertiary/aromatic N) is 1. The van der Waals surface area contributed by atoms with Crippen molar-refractivity contribution in [1.82, 2.24) is 4.90 Å². The number of carbonyl (C=O) groups is 2. The summed E-state index contributed by atoms with van der Waals surface area (Å²) in [6.07, 6.45) is -0.431. The first-order chi connectivity index (χ1) is 7.80. The van der Waals surface area contributed by atoms with Gasteiger partial charge in [0, 0.05) is 6.54 Å². The molecule has 0 aromatic rings. The van der Waals surface area contributed by atoms with Crippen LogP contribution >= 0.6 is 0 Å². The number of carboxylic acid groups (broad SMARTS) is 1. The van der Waals surface area contributed by atoms with Crippen molar-refractivity contribution in [3.63, 3.8) is 0 Å². The van der Waals surface area contributed by atoms with Gasteiger partial charge in [0.1, 0.15) is 5.41 Å². The Morgan fingerprint density at radius 2 is 2.06 bits per heavy atom. The van der Waals surface area contributed by atoms with Crippen LogP contribution in [-0.2, 0) is 14.3 Å². The van der Waals surface area contributed by atoms with Crippen molar-refractivity contribution < 1.29 is 24.5 Å². The zero-order valence-corrected chi connectivity index (χ0v) is 10.3. The molecule has 17 heavy (non-hydrogen) atoms. The molecule has 6 nitrogen and oxygen atoms in total. The summed E-state index contributed by atoms with van der Waals surface area (Å²) >= 11 is 0. The number of amides is 1. The van der Waals surface area contributed by atoms with E-state index in [1.807, 2.05) is 0 Å². The van der Waals surface area contributed by atoms with Gasteiger partial charge in [-0.3, -0.25) is 9.59 Å². The Morgan fingerprint density at radius 1 is 1.47 bits per heavy atom. The summed E-state index contributed by atoms with van der Waals surface area (Å²) in [7, 11) is 0. The Balaban J connectivity index is 2.83. The van der Waals surface area contributed by atoms with Crippen molar-refractivity contribution in [1.29, 1.82) is 0 Å². The lowest BCUT2D eigenvalue weighted by atomic mass is 9.91. The lowest BCUT2D eigenvalue weighted by Gasteiger charge is -2.40. The number of rotatable bonds is 3. The van der Waals surface area contributed by atoms with Gasteiger partial charge in [0.15, 0.2) is 0 Å². The zero-order valence-electron chi connectivity index (χ0n) is 10.3. The van der Waals surface area contributed by atoms with Gasteiger partial charge >= 0.3 is 5.97 Å². The van der Waals surface area contributed by atoms with Gasteiger partial charge in [-0.05, 0) is 20.8 Å². The van der Waals surface area contributed by atoms with Crippen molar-refractivity contribution in [2.75, 3.05) is 19.8 Å². The van der Waals surface area contributed by atoms with E-state index in [1.54, 1.807) is 6.92 Å². The van der Waals surface area contributed by atoms with E-state index >= 15 is 0 Å². The molecule has 0 saturated carbocycles. The highest BCUT2D eigenvalue weighted by molar-refractivity contribution is 6.01. The molecule has 1 amide bonds. The third-order valence-corrected chi connectivity index (χ3v) is 3.04. The fourth-order valence-corrected chi connectivity index (χ4v) is 1.66. The number of hydrogen-bond acceptors (Lipinski definition) is 4. The van der Waals surface area contributed by atoms with Crippen LogP contribution in [0.25, 0.3) is 0 Å². The van der Waals surface area contributed by atoms with Crippen LogP contribution < -0.4 is 0 Å². The molecule has 1 aliphatic rings. The summed E-state index contributed by atoms with van der Waals surface area (Å²) in [5.74, 6) is -1.60. The van der Waals surface area contributed by atoms with E-state index in [9.17, 15) is 9.59 Å². The highest BCUT2D eigenvalue weighted by Gasteiger charge is 2.42. The van der Waals surface area contributed by atoms with Crippen LogP contribution in [0.4, 0.5) is 0 Å². The fraction of sp³-hybridized carbons (Fsp3) is 0.818. The maximum absolute atomic E-state index is 12.1. The first-order valence-corrected chi connectivity index (χ1v) is 5.57. The average molecular weight is 245 g/mol. The summed E-state index contributed by atoms with van der Waals surface area (Å²) in [6, 6.07) is -0.177. The molecular weight excluding hydrogens is 226 g/mol. The third kappa shape index (κ3) is 2.76. The molecule has 0 aromatic carbocycles. The van der Waals surface area contributed by atoms with Crippen LogP contribution in [0.3, 0.4) is 0 Å². The average Bonchev–Trinajstić information content (AvgIpc) is 2.28. The van der Waals surface area contributed by atoms with E-state index in [0.29, 0.717) is 6.61 Å². The quantitative estimate of drug-likeness (QED) is 0.667. The molecule has 1 heterocycles. The van der Waals surface area contributed by atoms with Crippen molar-refractivity contribution >= 4 is 11.9 Å². The molecule has 2 atom stereocenters. The molecule has 0 spiro atoms. The van der Waals surface area contributed by atoms with Crippen LogP contribution in [0, 0.1) is 5.41 Å². The predicted octanol–water partition coefficient (Wildman–Crippen LogP) is -0.295. The summed E-state index contributed by atoms with van der Waals surface area (Å²) in [4.78, 5) is 24.6. The molecule has 98 valence electrons. The smallest absolute Gasteiger partial charge is 0.318 e. The maximum Gasteiger partial charge on any atom is 0.318 e. The second-order valence-corrected chi connectivity index (χ2v) is 4.87. The number of ether oxygens (including phenoxy) is 1. The van der Waals surface area contributed by atoms with Gasteiger partial charge in [-0.15, -0.1) is 0 Å². The van der Waals surface area contributed by atoms with Crippen LogP contribution in [0.1, 0.15) is 20.8 Å². The number of aliphatic carboxylic acids is 1. The number of carbonyl (C=O) groups excluding carboxylic acids is 1. The highest BCUT2D eigenvalue weighted by atomic mass is 16.5. The molecule has 0 aliphatic carbocycles. The minimum absolute atomic E-state index is 0.177. The minimum atomic E-state index is -1.45. The Kier molecular flexibility index (Phi) is 4.11. The van der Waals surface area contributed by atoms with Crippen molar-refractivity contribution in [2.45, 2.75) is 32.9 Å². The molecule has 1 fully saturated rings. The van der Waals surface area contributed by atoms with E-state index in [4.69, 9.17) is 14.9 Å². The van der Waals surface area contributed by atoms with Gasteiger partial charge in [-0.1, -0.05) is 0 Å². The van der Waals surface area contributed by atoms with Crippen LogP contribution in [-0.4, -0.2) is 58.9 Å². The lowest BCUT2D eigenvalue weighted by Crippen LogP contribution is -2.56. The SMILES string of the molecule is CC1COC(CO)CN1C(=O)C(C)(C)C(=O)O. The van der Waals surface area contributed by atoms with Gasteiger partial charge < -0.3 is 19.8 Å². The van der Waals surface area contributed by atoms with Crippen LogP contribution in [0.5, 0.6) is 0 Å². The summed E-state index contributed by atoms with van der Waals surface area (Å²) in [5.41, 5.74) is -1.45. The van der Waals surface area contributed by atoms with E-state index in [-0.39, 0.29) is 19.2 Å². The second-order valence-electron chi connectivity index (χ2n) is 4.87. The number of aliphatic hydroxyl groups is 1. The Bertz CT molecular complexity index is 315. The molecule has 1 aliphatic heterocycles. The van der Waals surface area contributed by atoms with Gasteiger partial charge in [-0.25, -0.2) is 0 Å². The van der Waals surface area contributed by atoms with E-state index in [2.05, 4.69) is 0 Å². The maximum atomic E-state index is 12.1. The van der Waals surface area contributed by atoms with Gasteiger partial charge in [-0.2, -0.15) is 0 Å². The molecule has 1 saturated heterocycles. The number of aliphatic hydroxyl groups excluding tert-OH is 1. The standard InChI is InChI=1S/C11H19NO5/c1-7-6-17-8(5-13)4-12(7)9(14)11(2,3)10(15)16/h7-8,13H,4-6H2,1-3H3,(H,15,16). The largest absolute Gasteiger partial charge is 0.480 e. The first-order valence-electron chi connectivity index (χ1n) is 5.57. The summed E-state index contributed by atoms with van der Waals surface area (Å²) in [5, 5.41) is 18.0. The third-order valence-electron chi connectivity index (χ3n) is 3.04. The molecule has 0 bridgehead atoms. The van der Waals surface area contributed by atoms with Crippen molar-refractivity contribution in [3.8, 4) is 0 Å². The molecule has 0 radical (unpaired) electrons. The van der Waals surface area contributed by atoms with Gasteiger partial charge in [0.2, 0.25) is 5.91 Å². The number of carboxylic acids is 1. The first kappa shape index (κ1) is 13.9. The molecule has 1 rings (SSSR count). The second kappa shape index (κ2) is 5.01. The Labute approximate surface area is 100 Å². The predicted molar refractivity (Wildman–Crippen MR) is 59.4 cm³/mol. The normalized spacial score (nSPS) is 25.8. The van der Waals surface area contributed by atoms with E-state index < -0.39 is 23.4 Å². The topological polar surface area (TPSA) is 87.1 Å². The summed E-state index contributed by atoms with van der Waals surface area (Å²) in [6.45, 7) is 4.93. The summed E-state index contributed by atoms with van der Waals surface area (Å²) < 4.78 is 5.30. The Hall–Kier alpha value is -1.14. The molecule has 2 N–H and O–H groups in total. The van der Waals surface area contributed by atoms with Crippen molar-refractivity contribution in [2.24, 2.45) is 5.41 Å². The van der Waals surface area contributed by atoms with E-state index in [1.165, 1.54) is 18.7 Å². The molecule has 6 heteroatoms. The van der Waals surface area contributed by atoms with Crippen molar-refractivity contribution in [3.05, 3.63) is 0 Å². The number of hydrogen-bond donors (Lipinski definition) is 2. The fourth-order valence-electron chi connectivity index (χ4n) is 1.66. The highest BCUT2D eigenvalue weighted by Crippen LogP contribution is 2.23. The molecule has 0 aromatic heterocycles. The zero-order chi connectivity index (χ0) is 13.2. The van der Waals surface area contributed by atoms with Gasteiger partial charge in [0.25, 0.3) is 0 Å². The Morgan fingerprint density at radius 3 is 2.53 bits per heavy atom. The molecular formula is C11H19NO5.